The lowest BCUT2D eigenvalue weighted by atomic mass is 9.95. The molecule has 2 heterocycles. The van der Waals surface area contributed by atoms with Crippen LogP contribution in [0.4, 0.5) is 5.69 Å². The van der Waals surface area contributed by atoms with Crippen LogP contribution in [0.1, 0.15) is 36.0 Å². The zero-order valence-electron chi connectivity index (χ0n) is 23.6. The number of methoxy groups -OCH3 is 1. The summed E-state index contributed by atoms with van der Waals surface area (Å²) in [7, 11) is 3.19. The van der Waals surface area contributed by atoms with Crippen LogP contribution in [0.15, 0.2) is 66.6 Å². The molecule has 2 amide bonds. The summed E-state index contributed by atoms with van der Waals surface area (Å²) in [5.74, 6) is 0.404. The van der Waals surface area contributed by atoms with E-state index in [4.69, 9.17) is 21.3 Å². The number of nitrogens with zero attached hydrogens (tertiary/aromatic N) is 3. The van der Waals surface area contributed by atoms with Crippen LogP contribution in [-0.2, 0) is 16.0 Å². The molecule has 2 aliphatic rings. The molecule has 3 aromatic rings. The number of benzene rings is 2. The molecule has 1 unspecified atom stereocenters. The zero-order valence-corrected chi connectivity index (χ0v) is 24.4. The number of hydrogen-bond acceptors (Lipinski definition) is 6. The van der Waals surface area contributed by atoms with Crippen LogP contribution >= 0.6 is 11.6 Å². The first kappa shape index (κ1) is 28.4. The number of nitrogens with one attached hydrogen (secondary N) is 1. The van der Waals surface area contributed by atoms with Crippen molar-refractivity contribution in [3.05, 3.63) is 88.4 Å². The Morgan fingerprint density at radius 1 is 1.22 bits per heavy atom. The van der Waals surface area contributed by atoms with Gasteiger partial charge < -0.3 is 20.1 Å². The molecule has 1 aliphatic heterocycles. The van der Waals surface area contributed by atoms with Crippen LogP contribution in [0.25, 0.3) is 22.4 Å². The maximum Gasteiger partial charge on any atom is 0.266 e. The number of aromatic nitrogens is 1. The topological polar surface area (TPSA) is 95.0 Å². The Balaban J connectivity index is 1.49. The minimum atomic E-state index is -0.555. The van der Waals surface area contributed by atoms with Crippen molar-refractivity contribution in [2.75, 3.05) is 32.6 Å². The summed E-state index contributed by atoms with van der Waals surface area (Å²) in [4.78, 5) is 33.8. The highest BCUT2D eigenvalue weighted by molar-refractivity contribution is 6.36. The molecule has 41 heavy (non-hydrogen) atoms. The number of hydrogen-bond donors (Lipinski definition) is 2. The van der Waals surface area contributed by atoms with Gasteiger partial charge in [-0.1, -0.05) is 55.4 Å². The lowest BCUT2D eigenvalue weighted by molar-refractivity contribution is -0.128. The fourth-order valence-electron chi connectivity index (χ4n) is 5.55. The van der Waals surface area contributed by atoms with Crippen LogP contribution in [0, 0.1) is 6.92 Å². The maximum atomic E-state index is 13.3. The summed E-state index contributed by atoms with van der Waals surface area (Å²) in [6.07, 6.45) is 3.46. The molecule has 1 aromatic heterocycles. The molecular formula is C32H33ClN4O4. The molecule has 0 bridgehead atoms. The van der Waals surface area contributed by atoms with E-state index in [0.717, 1.165) is 40.8 Å². The Hall–Kier alpha value is -4.14. The molecule has 0 saturated heterocycles. The number of rotatable bonds is 7. The summed E-state index contributed by atoms with van der Waals surface area (Å²) in [6, 6.07) is 13.5. The SMILES string of the molecule is C=C1N(CCO)C=C(C(=O)Nc2cccc(-c3cccc(-c4cc5c(c(OC)n4)C(C)CC5)c3Cl)c2C)C(=O)N1C. The maximum absolute atomic E-state index is 13.3. The second-order valence-electron chi connectivity index (χ2n) is 10.4. The third-order valence-corrected chi connectivity index (χ3v) is 8.32. The number of ether oxygens (including phenoxy) is 1. The smallest absolute Gasteiger partial charge is 0.266 e. The number of pyridine rings is 1. The molecule has 1 atom stereocenters. The predicted octanol–water partition coefficient (Wildman–Crippen LogP) is 5.50. The van der Waals surface area contributed by atoms with E-state index in [1.807, 2.05) is 37.3 Å². The Labute approximate surface area is 244 Å². The summed E-state index contributed by atoms with van der Waals surface area (Å²) < 4.78 is 5.66. The van der Waals surface area contributed by atoms with Crippen molar-refractivity contribution < 1.29 is 19.4 Å². The molecule has 0 radical (unpaired) electrons. The van der Waals surface area contributed by atoms with E-state index in [1.165, 1.54) is 22.2 Å². The molecule has 1 aliphatic carbocycles. The molecular weight excluding hydrogens is 540 g/mol. The van der Waals surface area contributed by atoms with E-state index in [2.05, 4.69) is 24.9 Å². The summed E-state index contributed by atoms with van der Waals surface area (Å²) >= 11 is 7.04. The van der Waals surface area contributed by atoms with Gasteiger partial charge in [0.1, 0.15) is 11.4 Å². The number of likely N-dealkylation sites (N-methyl/N-ethyl adjacent to an activating group) is 1. The van der Waals surface area contributed by atoms with E-state index in [-0.39, 0.29) is 18.7 Å². The van der Waals surface area contributed by atoms with Crippen molar-refractivity contribution in [1.82, 2.24) is 14.8 Å². The molecule has 9 heteroatoms. The number of carbonyl (C=O) groups excluding carboxylic acids is 2. The van der Waals surface area contributed by atoms with E-state index < -0.39 is 11.8 Å². The van der Waals surface area contributed by atoms with Gasteiger partial charge in [0.25, 0.3) is 11.8 Å². The third-order valence-electron chi connectivity index (χ3n) is 7.91. The lowest BCUT2D eigenvalue weighted by Gasteiger charge is -2.34. The van der Waals surface area contributed by atoms with Crippen molar-refractivity contribution in [1.29, 1.82) is 0 Å². The Morgan fingerprint density at radius 3 is 2.66 bits per heavy atom. The molecule has 2 N–H and O–H groups in total. The van der Waals surface area contributed by atoms with E-state index in [9.17, 15) is 14.7 Å². The highest BCUT2D eigenvalue weighted by Crippen LogP contribution is 2.43. The minimum absolute atomic E-state index is 0.0517. The van der Waals surface area contributed by atoms with Crippen molar-refractivity contribution in [2.24, 2.45) is 0 Å². The first-order valence-electron chi connectivity index (χ1n) is 13.5. The minimum Gasteiger partial charge on any atom is -0.481 e. The highest BCUT2D eigenvalue weighted by Gasteiger charge is 2.31. The van der Waals surface area contributed by atoms with Gasteiger partial charge in [0.2, 0.25) is 5.88 Å². The molecule has 5 rings (SSSR count). The number of β-amino-alcohol motifs (C(OH)–C–C–N with tert-alkyl or cyclic N) is 1. The van der Waals surface area contributed by atoms with Gasteiger partial charge in [-0.2, -0.15) is 0 Å². The molecule has 212 valence electrons. The van der Waals surface area contributed by atoms with Gasteiger partial charge in [0, 0.05) is 42.2 Å². The van der Waals surface area contributed by atoms with Crippen molar-refractivity contribution in [2.45, 2.75) is 32.6 Å². The van der Waals surface area contributed by atoms with Crippen LogP contribution in [0.3, 0.4) is 0 Å². The first-order valence-corrected chi connectivity index (χ1v) is 13.9. The number of fused-ring (bicyclic) bond motifs is 1. The number of carbonyl (C=O) groups is 2. The first-order chi connectivity index (χ1) is 19.7. The predicted molar refractivity (Wildman–Crippen MR) is 161 cm³/mol. The summed E-state index contributed by atoms with van der Waals surface area (Å²) in [5, 5.41) is 12.8. The average molecular weight is 573 g/mol. The van der Waals surface area contributed by atoms with Crippen molar-refractivity contribution >= 4 is 29.1 Å². The van der Waals surface area contributed by atoms with Crippen molar-refractivity contribution in [3.63, 3.8) is 0 Å². The van der Waals surface area contributed by atoms with Gasteiger partial charge in [-0.3, -0.25) is 14.5 Å². The van der Waals surface area contributed by atoms with Gasteiger partial charge in [-0.25, -0.2) is 4.98 Å². The molecule has 2 aromatic carbocycles. The number of amides is 2. The number of aliphatic hydroxyl groups excluding tert-OH is 1. The monoisotopic (exact) mass is 572 g/mol. The van der Waals surface area contributed by atoms with E-state index in [0.29, 0.717) is 28.3 Å². The van der Waals surface area contributed by atoms with Gasteiger partial charge in [-0.05, 0) is 54.5 Å². The standard InChI is InChI=1S/C32H33ClN4O4/c1-18-12-13-21-16-27(35-31(41-5)28(18)21)24-10-6-9-23(29(24)33)22-8-7-11-26(19(22)2)34-30(39)25-17-37(14-15-38)20(3)36(4)32(25)40/h6-11,16-18,38H,3,12-15H2,1-2,4-5H3,(H,34,39). The van der Waals surface area contributed by atoms with Crippen LogP contribution in [0.5, 0.6) is 5.88 Å². The number of anilines is 1. The fourth-order valence-corrected chi connectivity index (χ4v) is 5.87. The number of halogens is 1. The third kappa shape index (κ3) is 5.09. The van der Waals surface area contributed by atoms with Gasteiger partial charge in [-0.15, -0.1) is 0 Å². The lowest BCUT2D eigenvalue weighted by Crippen LogP contribution is -2.43. The normalized spacial score (nSPS) is 16.5. The van der Waals surface area contributed by atoms with Crippen LogP contribution < -0.4 is 10.1 Å². The van der Waals surface area contributed by atoms with Gasteiger partial charge in [0.05, 0.1) is 24.4 Å². The molecule has 0 saturated carbocycles. The molecule has 8 nitrogen and oxygen atoms in total. The highest BCUT2D eigenvalue weighted by atomic mass is 35.5. The van der Waals surface area contributed by atoms with E-state index in [1.54, 1.807) is 25.1 Å². The van der Waals surface area contributed by atoms with Crippen molar-refractivity contribution in [3.8, 4) is 28.3 Å². The quantitative estimate of drug-likeness (QED) is 0.363. The summed E-state index contributed by atoms with van der Waals surface area (Å²) in [5.41, 5.74) is 6.89. The van der Waals surface area contributed by atoms with Crippen LogP contribution in [-0.4, -0.2) is 59.0 Å². The zero-order chi connectivity index (χ0) is 29.4. The van der Waals surface area contributed by atoms with Crippen LogP contribution in [0.2, 0.25) is 5.02 Å². The fraction of sp³-hybridized carbons (Fsp3) is 0.281. The molecule has 0 fully saturated rings. The largest absolute Gasteiger partial charge is 0.481 e. The second-order valence-corrected chi connectivity index (χ2v) is 10.7. The Kier molecular flexibility index (Phi) is 7.89. The Bertz CT molecular complexity index is 1600. The van der Waals surface area contributed by atoms with Gasteiger partial charge >= 0.3 is 0 Å². The summed E-state index contributed by atoms with van der Waals surface area (Å²) in [6.45, 7) is 8.02. The second kappa shape index (κ2) is 11.4. The average Bonchev–Trinajstić information content (AvgIpc) is 3.34. The number of aliphatic hydroxyl groups is 1. The number of aryl methyl sites for hydroxylation is 1. The Morgan fingerprint density at radius 2 is 1.93 bits per heavy atom. The van der Waals surface area contributed by atoms with Gasteiger partial charge in [0.15, 0.2) is 0 Å². The van der Waals surface area contributed by atoms with E-state index >= 15 is 0 Å². The molecule has 0 spiro atoms.